The van der Waals surface area contributed by atoms with Crippen molar-refractivity contribution in [3.8, 4) is 0 Å². The Morgan fingerprint density at radius 2 is 1.79 bits per heavy atom. The number of amides is 1. The number of benzene rings is 1. The molecular weight excluding hydrogens is 292 g/mol. The summed E-state index contributed by atoms with van der Waals surface area (Å²) in [6.45, 7) is 1.60. The van der Waals surface area contributed by atoms with Crippen molar-refractivity contribution in [2.45, 2.75) is 11.8 Å². The highest BCUT2D eigenvalue weighted by Gasteiger charge is 2.31. The maximum atomic E-state index is 12.2. The largest absolute Gasteiger partial charge is 0.464 e. The summed E-state index contributed by atoms with van der Waals surface area (Å²) in [4.78, 5) is 10.7. The standard InChI is InChI=1S/C10H14N2O5S2/c1-8-6-4-5-7-9(8)19(16,17)12(3)18(15)11(2)10(13)14/h4-7H,1-3H3,(H,13,14). The quantitative estimate of drug-likeness (QED) is 0.888. The molecule has 0 aliphatic heterocycles. The lowest BCUT2D eigenvalue weighted by Gasteiger charge is -2.21. The molecule has 0 radical (unpaired) electrons. The van der Waals surface area contributed by atoms with Crippen molar-refractivity contribution in [3.05, 3.63) is 29.8 Å². The van der Waals surface area contributed by atoms with Crippen molar-refractivity contribution in [2.24, 2.45) is 0 Å². The van der Waals surface area contributed by atoms with Crippen molar-refractivity contribution in [1.29, 1.82) is 0 Å². The van der Waals surface area contributed by atoms with Gasteiger partial charge in [0.1, 0.15) is 0 Å². The molecule has 0 aliphatic rings. The highest BCUT2D eigenvalue weighted by Crippen LogP contribution is 2.20. The van der Waals surface area contributed by atoms with Crippen LogP contribution in [0.2, 0.25) is 0 Å². The number of hydrogen-bond acceptors (Lipinski definition) is 4. The Morgan fingerprint density at radius 3 is 2.26 bits per heavy atom. The summed E-state index contributed by atoms with van der Waals surface area (Å²) in [5, 5.41) is 8.70. The number of carboxylic acid groups (broad SMARTS) is 1. The van der Waals surface area contributed by atoms with E-state index in [0.717, 1.165) is 14.1 Å². The Morgan fingerprint density at radius 1 is 1.26 bits per heavy atom. The molecule has 1 amide bonds. The smallest absolute Gasteiger partial charge is 0.420 e. The van der Waals surface area contributed by atoms with Gasteiger partial charge in [-0.15, -0.1) is 0 Å². The lowest BCUT2D eigenvalue weighted by atomic mass is 10.2. The van der Waals surface area contributed by atoms with Crippen molar-refractivity contribution in [3.63, 3.8) is 0 Å². The molecule has 9 heteroatoms. The van der Waals surface area contributed by atoms with Gasteiger partial charge in [0.25, 0.3) is 10.0 Å². The van der Waals surface area contributed by atoms with Crippen LogP contribution >= 0.6 is 0 Å². The van der Waals surface area contributed by atoms with E-state index >= 15 is 0 Å². The summed E-state index contributed by atoms with van der Waals surface area (Å²) in [7, 11) is -1.92. The van der Waals surface area contributed by atoms with E-state index in [9.17, 15) is 17.4 Å². The van der Waals surface area contributed by atoms with Gasteiger partial charge in [-0.05, 0) is 18.6 Å². The van der Waals surface area contributed by atoms with E-state index in [-0.39, 0.29) is 4.90 Å². The van der Waals surface area contributed by atoms with Crippen LogP contribution in [0.3, 0.4) is 0 Å². The van der Waals surface area contributed by atoms with E-state index in [0.29, 0.717) is 13.6 Å². The lowest BCUT2D eigenvalue weighted by Crippen LogP contribution is -2.40. The molecule has 19 heavy (non-hydrogen) atoms. The van der Waals surface area contributed by atoms with Gasteiger partial charge >= 0.3 is 6.09 Å². The number of aryl methyl sites for hydroxylation is 1. The van der Waals surface area contributed by atoms with Gasteiger partial charge < -0.3 is 5.11 Å². The van der Waals surface area contributed by atoms with E-state index in [4.69, 9.17) is 5.11 Å². The molecule has 0 saturated heterocycles. The Hall–Kier alpha value is -1.45. The highest BCUT2D eigenvalue weighted by atomic mass is 32.3. The molecule has 0 bridgehead atoms. The molecular formula is C10H14N2O5S2. The first kappa shape index (κ1) is 15.6. The number of hydrogen-bond donors (Lipinski definition) is 1. The number of carbonyl (C=O) groups is 1. The maximum absolute atomic E-state index is 12.2. The zero-order valence-corrected chi connectivity index (χ0v) is 12.2. The van der Waals surface area contributed by atoms with Crippen LogP contribution in [0.4, 0.5) is 4.79 Å². The van der Waals surface area contributed by atoms with Gasteiger partial charge in [-0.2, -0.15) is 0 Å². The van der Waals surface area contributed by atoms with Gasteiger partial charge in [0.15, 0.2) is 0 Å². The lowest BCUT2D eigenvalue weighted by molar-refractivity contribution is 0.179. The van der Waals surface area contributed by atoms with Crippen LogP contribution in [-0.4, -0.2) is 45.9 Å². The van der Waals surface area contributed by atoms with Crippen molar-refractivity contribution >= 4 is 27.3 Å². The Kier molecular flexibility index (Phi) is 4.66. The molecule has 0 heterocycles. The van der Waals surface area contributed by atoms with Gasteiger partial charge in [-0.25, -0.2) is 21.7 Å². The minimum absolute atomic E-state index is 0.00959. The van der Waals surface area contributed by atoms with Gasteiger partial charge in [-0.1, -0.05) is 21.9 Å². The van der Waals surface area contributed by atoms with E-state index in [2.05, 4.69) is 0 Å². The van der Waals surface area contributed by atoms with E-state index in [1.165, 1.54) is 12.1 Å². The molecule has 1 aromatic rings. The summed E-state index contributed by atoms with van der Waals surface area (Å²) >= 11 is -2.34. The van der Waals surface area contributed by atoms with Gasteiger partial charge in [0.2, 0.25) is 11.2 Å². The fourth-order valence-corrected chi connectivity index (χ4v) is 4.00. The second kappa shape index (κ2) is 5.68. The third-order valence-corrected chi connectivity index (χ3v) is 6.16. The minimum Gasteiger partial charge on any atom is -0.464 e. The van der Waals surface area contributed by atoms with Crippen molar-refractivity contribution in [1.82, 2.24) is 8.02 Å². The minimum atomic E-state index is -4.02. The number of nitrogens with zero attached hydrogens (tertiary/aromatic N) is 2. The average molecular weight is 306 g/mol. The first-order chi connectivity index (χ1) is 8.69. The summed E-state index contributed by atoms with van der Waals surface area (Å²) in [6, 6.07) is 6.19. The van der Waals surface area contributed by atoms with Crippen LogP contribution in [0.25, 0.3) is 0 Å². The predicted molar refractivity (Wildman–Crippen MR) is 70.1 cm³/mol. The van der Waals surface area contributed by atoms with Gasteiger partial charge in [0, 0.05) is 14.1 Å². The third-order valence-electron chi connectivity index (χ3n) is 2.43. The molecule has 1 rings (SSSR count). The Balaban J connectivity index is 3.19. The molecule has 0 aliphatic carbocycles. The molecule has 0 fully saturated rings. The fraction of sp³-hybridized carbons (Fsp3) is 0.300. The normalized spacial score (nSPS) is 13.3. The van der Waals surface area contributed by atoms with Crippen LogP contribution in [-0.2, 0) is 21.2 Å². The Bertz CT molecular complexity index is 614. The molecule has 0 aromatic heterocycles. The van der Waals surface area contributed by atoms with Crippen LogP contribution < -0.4 is 0 Å². The Labute approximate surface area is 114 Å². The molecule has 0 saturated carbocycles. The van der Waals surface area contributed by atoms with E-state index < -0.39 is 27.3 Å². The molecule has 106 valence electrons. The van der Waals surface area contributed by atoms with E-state index in [1.54, 1.807) is 19.1 Å². The number of rotatable bonds is 4. The van der Waals surface area contributed by atoms with Crippen LogP contribution in [0.1, 0.15) is 5.56 Å². The van der Waals surface area contributed by atoms with E-state index in [1.807, 2.05) is 0 Å². The van der Waals surface area contributed by atoms with Gasteiger partial charge in [-0.3, -0.25) is 0 Å². The number of sulfonamides is 1. The highest BCUT2D eigenvalue weighted by molar-refractivity contribution is 8.00. The topological polar surface area (TPSA) is 95.0 Å². The maximum Gasteiger partial charge on any atom is 0.420 e. The first-order valence-corrected chi connectivity index (χ1v) is 7.63. The molecule has 1 atom stereocenters. The average Bonchev–Trinajstić information content (AvgIpc) is 2.36. The second-order valence-electron chi connectivity index (χ2n) is 3.69. The van der Waals surface area contributed by atoms with Gasteiger partial charge in [0.05, 0.1) is 4.90 Å². The van der Waals surface area contributed by atoms with Crippen LogP contribution in [0.15, 0.2) is 29.2 Å². The zero-order valence-electron chi connectivity index (χ0n) is 10.6. The zero-order chi connectivity index (χ0) is 14.8. The molecule has 1 unspecified atom stereocenters. The fourth-order valence-electron chi connectivity index (χ4n) is 1.31. The van der Waals surface area contributed by atoms with Crippen molar-refractivity contribution < 1.29 is 22.5 Å². The van der Waals surface area contributed by atoms with Crippen LogP contribution in [0, 0.1) is 6.92 Å². The SMILES string of the molecule is Cc1ccccc1S(=O)(=O)N(C)S(=O)N(C)C(=O)O. The van der Waals surface area contributed by atoms with Crippen LogP contribution in [0.5, 0.6) is 0 Å². The molecule has 1 aromatic carbocycles. The van der Waals surface area contributed by atoms with Crippen molar-refractivity contribution in [2.75, 3.05) is 14.1 Å². The predicted octanol–water partition coefficient (Wildman–Crippen LogP) is 0.804. The summed E-state index contributed by atoms with van der Waals surface area (Å²) < 4.78 is 37.2. The first-order valence-electron chi connectivity index (χ1n) is 5.12. The second-order valence-corrected chi connectivity index (χ2v) is 7.42. The summed E-state index contributed by atoms with van der Waals surface area (Å²) in [5.74, 6) is 0. The molecule has 0 spiro atoms. The summed E-state index contributed by atoms with van der Waals surface area (Å²) in [5.41, 5.74) is 0.490. The molecule has 7 nitrogen and oxygen atoms in total. The summed E-state index contributed by atoms with van der Waals surface area (Å²) in [6.07, 6.45) is -1.48. The third kappa shape index (κ3) is 3.11. The molecule has 1 N–H and O–H groups in total. The monoisotopic (exact) mass is 306 g/mol.